The van der Waals surface area contributed by atoms with E-state index in [0.29, 0.717) is 5.41 Å². The third-order valence-electron chi connectivity index (χ3n) is 4.01. The molecule has 0 radical (unpaired) electrons. The van der Waals surface area contributed by atoms with Crippen LogP contribution in [0.5, 0.6) is 0 Å². The number of fused-ring (bicyclic) bond motifs is 3. The highest BCUT2D eigenvalue weighted by molar-refractivity contribution is 5.87. The van der Waals surface area contributed by atoms with Crippen molar-refractivity contribution in [1.82, 2.24) is 0 Å². The van der Waals surface area contributed by atoms with Gasteiger partial charge in [0.15, 0.2) is 0 Å². The van der Waals surface area contributed by atoms with E-state index in [0.717, 1.165) is 11.6 Å². The Labute approximate surface area is 73.7 Å². The monoisotopic (exact) mass is 167 g/mol. The molecule has 0 spiro atoms. The largest absolute Gasteiger partial charge is 0.411 e. The Hall–Kier alpha value is -0.530. The molecule has 0 heterocycles. The van der Waals surface area contributed by atoms with Gasteiger partial charge in [-0.25, -0.2) is 0 Å². The molecule has 1 N–H and O–H groups in total. The highest BCUT2D eigenvalue weighted by Crippen LogP contribution is 2.50. The molecule has 0 aromatic carbocycles. The second kappa shape index (κ2) is 2.75. The average molecular weight is 167 g/mol. The van der Waals surface area contributed by atoms with Crippen LogP contribution in [0.15, 0.2) is 5.16 Å². The Morgan fingerprint density at radius 3 is 2.17 bits per heavy atom. The highest BCUT2D eigenvalue weighted by atomic mass is 16.4. The molecular formula is C10H17NO. The van der Waals surface area contributed by atoms with Crippen LogP contribution in [0.3, 0.4) is 0 Å². The van der Waals surface area contributed by atoms with Gasteiger partial charge in [0.05, 0.1) is 5.71 Å². The standard InChI is InChI=1S/C10H17NO/c1-8(11-12)10-5-2-9(3-6-10)4-7-10/h9,12H,2-7H2,1H3/b11-8+. The lowest BCUT2D eigenvalue weighted by atomic mass is 9.59. The van der Waals surface area contributed by atoms with Crippen molar-refractivity contribution < 1.29 is 5.21 Å². The molecule has 3 rings (SSSR count). The Morgan fingerprint density at radius 1 is 1.25 bits per heavy atom. The number of hydrogen-bond acceptors (Lipinski definition) is 2. The normalized spacial score (nSPS) is 41.8. The first-order chi connectivity index (χ1) is 5.77. The molecule has 2 nitrogen and oxygen atoms in total. The molecule has 2 bridgehead atoms. The molecule has 2 heteroatoms. The fourth-order valence-corrected chi connectivity index (χ4v) is 2.90. The van der Waals surface area contributed by atoms with Gasteiger partial charge in [0.2, 0.25) is 0 Å². The number of hydrogen-bond donors (Lipinski definition) is 1. The molecule has 0 saturated heterocycles. The maximum Gasteiger partial charge on any atom is 0.0601 e. The van der Waals surface area contributed by atoms with Gasteiger partial charge >= 0.3 is 0 Å². The second-order valence-corrected chi connectivity index (χ2v) is 4.45. The maximum atomic E-state index is 8.79. The zero-order valence-electron chi connectivity index (χ0n) is 7.71. The summed E-state index contributed by atoms with van der Waals surface area (Å²) in [6, 6.07) is 0. The number of oxime groups is 1. The minimum atomic E-state index is 0.295. The van der Waals surface area contributed by atoms with Crippen LogP contribution >= 0.6 is 0 Å². The molecule has 3 aliphatic carbocycles. The third kappa shape index (κ3) is 1.05. The van der Waals surface area contributed by atoms with Crippen molar-refractivity contribution in [3.8, 4) is 0 Å². The first kappa shape index (κ1) is 8.09. The summed E-state index contributed by atoms with van der Waals surface area (Å²) < 4.78 is 0. The van der Waals surface area contributed by atoms with Gasteiger partial charge in [0, 0.05) is 5.41 Å². The van der Waals surface area contributed by atoms with Crippen molar-refractivity contribution in [2.75, 3.05) is 0 Å². The van der Waals surface area contributed by atoms with E-state index in [1.165, 1.54) is 38.5 Å². The van der Waals surface area contributed by atoms with Crippen molar-refractivity contribution in [2.24, 2.45) is 16.5 Å². The fraction of sp³-hybridized carbons (Fsp3) is 0.900. The summed E-state index contributed by atoms with van der Waals surface area (Å²) in [5.74, 6) is 0.985. The summed E-state index contributed by atoms with van der Waals surface area (Å²) in [6.45, 7) is 1.98. The lowest BCUT2D eigenvalue weighted by Gasteiger charge is -2.46. The summed E-state index contributed by atoms with van der Waals surface area (Å²) >= 11 is 0. The zero-order chi connectivity index (χ0) is 8.60. The van der Waals surface area contributed by atoms with E-state index in [-0.39, 0.29) is 0 Å². The van der Waals surface area contributed by atoms with Crippen LogP contribution in [0.1, 0.15) is 45.4 Å². The van der Waals surface area contributed by atoms with Gasteiger partial charge in [-0.15, -0.1) is 0 Å². The lowest BCUT2D eigenvalue weighted by molar-refractivity contribution is 0.123. The van der Waals surface area contributed by atoms with E-state index in [1.807, 2.05) is 6.92 Å². The first-order valence-electron chi connectivity index (χ1n) is 4.96. The van der Waals surface area contributed by atoms with Crippen LogP contribution < -0.4 is 0 Å². The molecule has 3 aliphatic rings. The molecule has 0 aromatic rings. The summed E-state index contributed by atoms with van der Waals surface area (Å²) in [4.78, 5) is 0. The van der Waals surface area contributed by atoms with E-state index >= 15 is 0 Å². The molecule has 0 unspecified atom stereocenters. The molecule has 0 aromatic heterocycles. The van der Waals surface area contributed by atoms with Crippen LogP contribution in [0.25, 0.3) is 0 Å². The highest BCUT2D eigenvalue weighted by Gasteiger charge is 2.42. The molecule has 0 atom stereocenters. The van der Waals surface area contributed by atoms with Crippen LogP contribution in [0, 0.1) is 11.3 Å². The number of nitrogens with zero attached hydrogens (tertiary/aromatic N) is 1. The van der Waals surface area contributed by atoms with Crippen molar-refractivity contribution in [2.45, 2.75) is 45.4 Å². The van der Waals surface area contributed by atoms with Crippen LogP contribution in [-0.2, 0) is 0 Å². The minimum Gasteiger partial charge on any atom is -0.411 e. The van der Waals surface area contributed by atoms with Crippen LogP contribution in [0.2, 0.25) is 0 Å². The van der Waals surface area contributed by atoms with Crippen LogP contribution in [-0.4, -0.2) is 10.9 Å². The van der Waals surface area contributed by atoms with Gasteiger partial charge < -0.3 is 5.21 Å². The van der Waals surface area contributed by atoms with Gasteiger partial charge in [-0.05, 0) is 51.4 Å². The third-order valence-corrected chi connectivity index (χ3v) is 4.01. The van der Waals surface area contributed by atoms with E-state index in [9.17, 15) is 0 Å². The summed E-state index contributed by atoms with van der Waals surface area (Å²) in [7, 11) is 0. The SMILES string of the molecule is C/C(=N\O)C12CCC(CC1)CC2. The van der Waals surface area contributed by atoms with Crippen molar-refractivity contribution in [3.05, 3.63) is 0 Å². The molecule has 0 amide bonds. The summed E-state index contributed by atoms with van der Waals surface area (Å²) in [5.41, 5.74) is 1.27. The molecular weight excluding hydrogens is 150 g/mol. The van der Waals surface area contributed by atoms with E-state index in [1.54, 1.807) is 0 Å². The van der Waals surface area contributed by atoms with E-state index < -0.39 is 0 Å². The second-order valence-electron chi connectivity index (χ2n) is 4.45. The minimum absolute atomic E-state index is 0.295. The number of rotatable bonds is 1. The molecule has 3 saturated carbocycles. The Bertz CT molecular complexity index is 188. The zero-order valence-corrected chi connectivity index (χ0v) is 7.71. The fourth-order valence-electron chi connectivity index (χ4n) is 2.90. The molecule has 0 aliphatic heterocycles. The predicted molar refractivity (Wildman–Crippen MR) is 48.5 cm³/mol. The van der Waals surface area contributed by atoms with Gasteiger partial charge in [-0.1, -0.05) is 5.16 Å². The Balaban J connectivity index is 2.19. The smallest absolute Gasteiger partial charge is 0.0601 e. The van der Waals surface area contributed by atoms with Crippen molar-refractivity contribution >= 4 is 5.71 Å². The Morgan fingerprint density at radius 2 is 1.75 bits per heavy atom. The van der Waals surface area contributed by atoms with Gasteiger partial charge in [-0.2, -0.15) is 0 Å². The molecule has 12 heavy (non-hydrogen) atoms. The Kier molecular flexibility index (Phi) is 1.85. The van der Waals surface area contributed by atoms with Crippen molar-refractivity contribution in [1.29, 1.82) is 0 Å². The summed E-state index contributed by atoms with van der Waals surface area (Å²) in [5, 5.41) is 12.2. The topological polar surface area (TPSA) is 32.6 Å². The van der Waals surface area contributed by atoms with Crippen molar-refractivity contribution in [3.63, 3.8) is 0 Å². The van der Waals surface area contributed by atoms with E-state index in [2.05, 4.69) is 5.16 Å². The van der Waals surface area contributed by atoms with Gasteiger partial charge in [-0.3, -0.25) is 0 Å². The first-order valence-corrected chi connectivity index (χ1v) is 4.96. The van der Waals surface area contributed by atoms with Crippen LogP contribution in [0.4, 0.5) is 0 Å². The van der Waals surface area contributed by atoms with E-state index in [4.69, 9.17) is 5.21 Å². The maximum absolute atomic E-state index is 8.79. The summed E-state index contributed by atoms with van der Waals surface area (Å²) in [6.07, 6.45) is 7.83. The molecule has 68 valence electrons. The van der Waals surface area contributed by atoms with Gasteiger partial charge in [0.25, 0.3) is 0 Å². The van der Waals surface area contributed by atoms with Gasteiger partial charge in [0.1, 0.15) is 0 Å². The lowest BCUT2D eigenvalue weighted by Crippen LogP contribution is -2.39. The average Bonchev–Trinajstić information content (AvgIpc) is 2.19. The molecule has 3 fully saturated rings. The quantitative estimate of drug-likeness (QED) is 0.363. The predicted octanol–water partition coefficient (Wildman–Crippen LogP) is 2.81.